The predicted octanol–water partition coefficient (Wildman–Crippen LogP) is 2.52. The van der Waals surface area contributed by atoms with Gasteiger partial charge in [-0.2, -0.15) is 0 Å². The van der Waals surface area contributed by atoms with Crippen LogP contribution in [0, 0.1) is 0 Å². The molecule has 0 radical (unpaired) electrons. The van der Waals surface area contributed by atoms with Gasteiger partial charge in [-0.15, -0.1) is 11.8 Å². The van der Waals surface area contributed by atoms with E-state index >= 15 is 0 Å². The summed E-state index contributed by atoms with van der Waals surface area (Å²) in [6.07, 6.45) is 0.162. The maximum absolute atomic E-state index is 11.2. The molecule has 1 saturated carbocycles. The van der Waals surface area contributed by atoms with Crippen molar-refractivity contribution in [1.82, 2.24) is 0 Å². The molecule has 0 unspecified atom stereocenters. The lowest BCUT2D eigenvalue weighted by atomic mass is 9.81. The zero-order chi connectivity index (χ0) is 11.8. The minimum absolute atomic E-state index is 0.319. The summed E-state index contributed by atoms with van der Waals surface area (Å²) in [5, 5.41) is 18.5. The average molecular weight is 303 g/mol. The Morgan fingerprint density at radius 3 is 2.69 bits per heavy atom. The van der Waals surface area contributed by atoms with E-state index in [9.17, 15) is 15.0 Å². The van der Waals surface area contributed by atoms with E-state index in [1.165, 1.54) is 11.8 Å². The van der Waals surface area contributed by atoms with Crippen LogP contribution < -0.4 is 0 Å². The molecular formula is C11H11BrO3S. The van der Waals surface area contributed by atoms with E-state index in [-0.39, 0.29) is 0 Å². The number of hydrogen-bond donors (Lipinski definition) is 2. The lowest BCUT2D eigenvalue weighted by Gasteiger charge is -2.40. The largest absolute Gasteiger partial charge is 0.480 e. The third-order valence-corrected chi connectivity index (χ3v) is 4.51. The van der Waals surface area contributed by atoms with Crippen molar-refractivity contribution in [2.45, 2.75) is 28.6 Å². The summed E-state index contributed by atoms with van der Waals surface area (Å²) in [6.45, 7) is 0. The molecule has 16 heavy (non-hydrogen) atoms. The molecule has 1 aliphatic carbocycles. The second-order valence-electron chi connectivity index (χ2n) is 3.92. The number of rotatable bonds is 3. The van der Waals surface area contributed by atoms with Crippen molar-refractivity contribution in [2.75, 3.05) is 0 Å². The van der Waals surface area contributed by atoms with Gasteiger partial charge in [0, 0.05) is 9.37 Å². The Morgan fingerprint density at radius 2 is 2.19 bits per heavy atom. The summed E-state index contributed by atoms with van der Waals surface area (Å²) in [5.41, 5.74) is 0. The number of hydrogen-bond acceptors (Lipinski definition) is 3. The molecule has 0 aromatic heterocycles. The zero-order valence-corrected chi connectivity index (χ0v) is 10.8. The Labute approximate surface area is 106 Å². The van der Waals surface area contributed by atoms with Gasteiger partial charge in [0.05, 0.1) is 6.10 Å². The van der Waals surface area contributed by atoms with Crippen LogP contribution >= 0.6 is 27.7 Å². The second kappa shape index (κ2) is 4.39. The van der Waals surface area contributed by atoms with Crippen molar-refractivity contribution in [1.29, 1.82) is 0 Å². The molecule has 0 heterocycles. The smallest absolute Gasteiger partial charge is 0.320 e. The molecule has 86 valence electrons. The van der Waals surface area contributed by atoms with Crippen molar-refractivity contribution in [3.8, 4) is 0 Å². The number of halogens is 1. The van der Waals surface area contributed by atoms with Crippen LogP contribution in [0.2, 0.25) is 0 Å². The average Bonchev–Trinajstić information content (AvgIpc) is 2.14. The van der Waals surface area contributed by atoms with Crippen LogP contribution in [0.4, 0.5) is 0 Å². The summed E-state index contributed by atoms with van der Waals surface area (Å²) in [5.74, 6) is -0.845. The third kappa shape index (κ3) is 2.26. The number of benzene rings is 1. The number of thioether (sulfide) groups is 1. The molecule has 2 rings (SSSR count). The minimum Gasteiger partial charge on any atom is -0.480 e. The first-order chi connectivity index (χ1) is 7.52. The van der Waals surface area contributed by atoms with Crippen LogP contribution in [-0.4, -0.2) is 27.0 Å². The van der Waals surface area contributed by atoms with Gasteiger partial charge in [-0.3, -0.25) is 4.79 Å². The Balaban J connectivity index is 2.16. The van der Waals surface area contributed by atoms with Gasteiger partial charge in [0.25, 0.3) is 0 Å². The minimum atomic E-state index is -0.847. The molecule has 0 spiro atoms. The van der Waals surface area contributed by atoms with Crippen LogP contribution in [0.5, 0.6) is 0 Å². The molecule has 0 saturated heterocycles. The maximum atomic E-state index is 11.2. The number of aliphatic hydroxyl groups excluding tert-OH is 1. The standard InChI is InChI=1S/C11H11BrO3S/c12-7-2-1-3-9(4-7)16-11(10(14)15)5-8(13)6-11/h1-4,8,13H,5-6H2,(H,14,15). The number of carboxylic acids is 1. The molecule has 1 aliphatic rings. The normalized spacial score (nSPS) is 28.5. The molecule has 2 N–H and O–H groups in total. The molecule has 3 nitrogen and oxygen atoms in total. The summed E-state index contributed by atoms with van der Waals surface area (Å²) in [6, 6.07) is 7.54. The molecule has 1 fully saturated rings. The third-order valence-electron chi connectivity index (χ3n) is 2.63. The van der Waals surface area contributed by atoms with Gasteiger partial charge in [-0.1, -0.05) is 22.0 Å². The SMILES string of the molecule is O=C(O)C1(Sc2cccc(Br)c2)CC(O)C1. The van der Waals surface area contributed by atoms with Crippen molar-refractivity contribution < 1.29 is 15.0 Å². The fraction of sp³-hybridized carbons (Fsp3) is 0.364. The van der Waals surface area contributed by atoms with Gasteiger partial charge in [0.1, 0.15) is 4.75 Å². The predicted molar refractivity (Wildman–Crippen MR) is 65.6 cm³/mol. The van der Waals surface area contributed by atoms with Crippen LogP contribution in [-0.2, 0) is 4.79 Å². The number of aliphatic hydroxyl groups is 1. The van der Waals surface area contributed by atoms with E-state index in [1.807, 2.05) is 24.3 Å². The lowest BCUT2D eigenvalue weighted by Crippen LogP contribution is -2.50. The van der Waals surface area contributed by atoms with E-state index in [0.29, 0.717) is 12.8 Å². The van der Waals surface area contributed by atoms with Crippen LogP contribution in [0.25, 0.3) is 0 Å². The molecule has 0 amide bonds. The van der Waals surface area contributed by atoms with Crippen molar-refractivity contribution in [2.24, 2.45) is 0 Å². The van der Waals surface area contributed by atoms with E-state index in [0.717, 1.165) is 9.37 Å². The van der Waals surface area contributed by atoms with Gasteiger partial charge >= 0.3 is 5.97 Å². The molecular weight excluding hydrogens is 292 g/mol. The van der Waals surface area contributed by atoms with Gasteiger partial charge in [-0.25, -0.2) is 0 Å². The van der Waals surface area contributed by atoms with E-state index in [2.05, 4.69) is 15.9 Å². The Hall–Kier alpha value is -0.520. The first kappa shape index (κ1) is 12.0. The molecule has 1 aromatic carbocycles. The van der Waals surface area contributed by atoms with Crippen LogP contribution in [0.3, 0.4) is 0 Å². The summed E-state index contributed by atoms with van der Waals surface area (Å²) >= 11 is 4.66. The monoisotopic (exact) mass is 302 g/mol. The first-order valence-corrected chi connectivity index (χ1v) is 6.49. The fourth-order valence-electron chi connectivity index (χ4n) is 1.76. The summed E-state index contributed by atoms with van der Waals surface area (Å²) in [4.78, 5) is 12.1. The maximum Gasteiger partial charge on any atom is 0.320 e. The highest BCUT2D eigenvalue weighted by molar-refractivity contribution is 9.10. The highest BCUT2D eigenvalue weighted by atomic mass is 79.9. The van der Waals surface area contributed by atoms with Gasteiger partial charge in [0.2, 0.25) is 0 Å². The number of carbonyl (C=O) groups is 1. The van der Waals surface area contributed by atoms with E-state index in [4.69, 9.17) is 0 Å². The quantitative estimate of drug-likeness (QED) is 0.901. The number of aliphatic carboxylic acids is 1. The van der Waals surface area contributed by atoms with Gasteiger partial charge in [0.15, 0.2) is 0 Å². The number of carboxylic acid groups (broad SMARTS) is 1. The summed E-state index contributed by atoms with van der Waals surface area (Å²) in [7, 11) is 0. The van der Waals surface area contributed by atoms with Crippen molar-refractivity contribution in [3.63, 3.8) is 0 Å². The van der Waals surface area contributed by atoms with Crippen molar-refractivity contribution >= 4 is 33.7 Å². The van der Waals surface area contributed by atoms with Crippen LogP contribution in [0.1, 0.15) is 12.8 Å². The molecule has 5 heteroatoms. The first-order valence-electron chi connectivity index (χ1n) is 4.88. The summed E-state index contributed by atoms with van der Waals surface area (Å²) < 4.78 is 0.0816. The van der Waals surface area contributed by atoms with Crippen molar-refractivity contribution in [3.05, 3.63) is 28.7 Å². The van der Waals surface area contributed by atoms with Crippen LogP contribution in [0.15, 0.2) is 33.6 Å². The Kier molecular flexibility index (Phi) is 3.28. The van der Waals surface area contributed by atoms with Gasteiger partial charge < -0.3 is 10.2 Å². The Morgan fingerprint density at radius 1 is 1.50 bits per heavy atom. The topological polar surface area (TPSA) is 57.5 Å². The Bertz CT molecular complexity index is 415. The molecule has 0 bridgehead atoms. The zero-order valence-electron chi connectivity index (χ0n) is 8.39. The second-order valence-corrected chi connectivity index (χ2v) is 6.29. The van der Waals surface area contributed by atoms with E-state index in [1.54, 1.807) is 0 Å². The van der Waals surface area contributed by atoms with E-state index < -0.39 is 16.8 Å². The fourth-order valence-corrected chi connectivity index (χ4v) is 3.73. The molecule has 0 atom stereocenters. The lowest BCUT2D eigenvalue weighted by molar-refractivity contribution is -0.145. The van der Waals surface area contributed by atoms with Gasteiger partial charge in [-0.05, 0) is 31.0 Å². The molecule has 0 aliphatic heterocycles. The highest BCUT2D eigenvalue weighted by Gasteiger charge is 2.51. The highest BCUT2D eigenvalue weighted by Crippen LogP contribution is 2.48. The molecule has 1 aromatic rings.